The Morgan fingerprint density at radius 1 is 0.472 bits per heavy atom. The molecule has 2 rings (SSSR count). The van der Waals surface area contributed by atoms with Crippen molar-refractivity contribution >= 4 is 10.1 Å². The molecule has 16 nitrogen and oxygen atoms in total. The third-order valence-electron chi connectivity index (χ3n) is 7.17. The van der Waals surface area contributed by atoms with Gasteiger partial charge in [-0.1, -0.05) is 17.7 Å². The minimum Gasteiger partial charge on any atom is -0.377 e. The van der Waals surface area contributed by atoms with Crippen molar-refractivity contribution in [3.63, 3.8) is 0 Å². The molecule has 0 saturated carbocycles. The highest BCUT2D eigenvalue weighted by atomic mass is 32.2. The third-order valence-corrected chi connectivity index (χ3v) is 8.49. The number of hydrogen-bond acceptors (Lipinski definition) is 16. The van der Waals surface area contributed by atoms with Crippen molar-refractivity contribution < 1.29 is 74.2 Å². The standard InChI is InChI=1S/C36H64O16S/c1-34-5-7-35(8-6-34)53(37,38)52-33-31-49-29-27-47-25-23-45-21-19-43-17-15-41-13-11-39-10-12-40-14-16-42-18-20-44-22-24-46-26-28-48-30-32-51-36-4-2-3-9-50-36/h5-8,36H,2-4,9-33H2,1H3. The van der Waals surface area contributed by atoms with Gasteiger partial charge in [0.15, 0.2) is 6.29 Å². The van der Waals surface area contributed by atoms with Crippen molar-refractivity contribution in [2.45, 2.75) is 37.4 Å². The molecule has 0 amide bonds. The third kappa shape index (κ3) is 29.6. The summed E-state index contributed by atoms with van der Waals surface area (Å²) in [4.78, 5) is 0.127. The van der Waals surface area contributed by atoms with E-state index in [0.29, 0.717) is 145 Å². The van der Waals surface area contributed by atoms with E-state index in [1.54, 1.807) is 12.1 Å². The topological polar surface area (TPSA) is 163 Å². The van der Waals surface area contributed by atoms with Crippen molar-refractivity contribution in [3.8, 4) is 0 Å². The summed E-state index contributed by atoms with van der Waals surface area (Å²) in [6.07, 6.45) is 3.16. The lowest BCUT2D eigenvalue weighted by Crippen LogP contribution is -2.24. The van der Waals surface area contributed by atoms with E-state index in [4.69, 9.17) is 65.8 Å². The van der Waals surface area contributed by atoms with Crippen molar-refractivity contribution in [2.75, 3.05) is 165 Å². The molecular formula is C36H64O16S. The van der Waals surface area contributed by atoms with E-state index in [1.807, 2.05) is 6.92 Å². The fourth-order valence-electron chi connectivity index (χ4n) is 4.36. The van der Waals surface area contributed by atoms with E-state index in [0.717, 1.165) is 31.4 Å². The zero-order valence-electron chi connectivity index (χ0n) is 31.6. The molecule has 1 fully saturated rings. The van der Waals surface area contributed by atoms with Crippen LogP contribution >= 0.6 is 0 Å². The Balaban J connectivity index is 1.15. The molecule has 1 aromatic carbocycles. The van der Waals surface area contributed by atoms with Crippen LogP contribution < -0.4 is 0 Å². The first-order valence-electron chi connectivity index (χ1n) is 18.6. The Hall–Kier alpha value is -1.39. The first kappa shape index (κ1) is 47.8. The summed E-state index contributed by atoms with van der Waals surface area (Å²) >= 11 is 0. The molecule has 1 unspecified atom stereocenters. The zero-order chi connectivity index (χ0) is 37.8. The van der Waals surface area contributed by atoms with Crippen LogP contribution in [0.4, 0.5) is 0 Å². The molecular weight excluding hydrogens is 720 g/mol. The molecule has 53 heavy (non-hydrogen) atoms. The normalized spacial score (nSPS) is 15.0. The van der Waals surface area contributed by atoms with Gasteiger partial charge in [0, 0.05) is 6.61 Å². The predicted octanol–water partition coefficient (Wildman–Crippen LogP) is 2.43. The molecule has 0 aliphatic carbocycles. The number of aryl methyl sites for hydroxylation is 1. The van der Waals surface area contributed by atoms with E-state index in [9.17, 15) is 8.42 Å². The number of ether oxygens (including phenoxy) is 13. The molecule has 0 aromatic heterocycles. The number of rotatable bonds is 39. The lowest BCUT2D eigenvalue weighted by molar-refractivity contribution is -0.169. The highest BCUT2D eigenvalue weighted by Crippen LogP contribution is 2.14. The van der Waals surface area contributed by atoms with Crippen LogP contribution in [0, 0.1) is 6.92 Å². The molecule has 0 spiro atoms. The SMILES string of the molecule is Cc1ccc(S(=O)(=O)OCCOCCOCCOCCOCCOCCOCCOCCOCCOCCOCCOCCOC2CCCCO2)cc1. The molecule has 0 bridgehead atoms. The highest BCUT2D eigenvalue weighted by Gasteiger charge is 2.15. The highest BCUT2D eigenvalue weighted by molar-refractivity contribution is 7.86. The summed E-state index contributed by atoms with van der Waals surface area (Å²) in [5, 5.41) is 0. The summed E-state index contributed by atoms with van der Waals surface area (Å²) in [5.41, 5.74) is 0.974. The Morgan fingerprint density at radius 2 is 0.792 bits per heavy atom. The molecule has 1 heterocycles. The summed E-state index contributed by atoms with van der Waals surface area (Å²) in [7, 11) is -3.78. The van der Waals surface area contributed by atoms with Crippen molar-refractivity contribution in [2.24, 2.45) is 0 Å². The van der Waals surface area contributed by atoms with Crippen LogP contribution in [0.3, 0.4) is 0 Å². The van der Waals surface area contributed by atoms with E-state index in [-0.39, 0.29) is 24.4 Å². The fraction of sp³-hybridized carbons (Fsp3) is 0.833. The van der Waals surface area contributed by atoms with Gasteiger partial charge in [-0.15, -0.1) is 0 Å². The molecule has 1 saturated heterocycles. The Bertz CT molecular complexity index is 1030. The Kier molecular flexibility index (Phi) is 31.6. The largest absolute Gasteiger partial charge is 0.377 e. The first-order chi connectivity index (χ1) is 26.1. The molecule has 1 aromatic rings. The van der Waals surface area contributed by atoms with E-state index >= 15 is 0 Å². The van der Waals surface area contributed by atoms with Gasteiger partial charge in [0.2, 0.25) is 0 Å². The second kappa shape index (κ2) is 35.1. The van der Waals surface area contributed by atoms with E-state index in [2.05, 4.69) is 0 Å². The van der Waals surface area contributed by atoms with Crippen LogP contribution in [0.2, 0.25) is 0 Å². The van der Waals surface area contributed by atoms with Crippen LogP contribution in [0.15, 0.2) is 29.2 Å². The second-order valence-corrected chi connectivity index (χ2v) is 13.1. The summed E-state index contributed by atoms with van der Waals surface area (Å²) in [6.45, 7) is 13.2. The van der Waals surface area contributed by atoms with Gasteiger partial charge in [-0.05, 0) is 38.3 Å². The molecule has 1 aliphatic heterocycles. The van der Waals surface area contributed by atoms with Crippen molar-refractivity contribution in [1.82, 2.24) is 0 Å². The van der Waals surface area contributed by atoms with Crippen LogP contribution in [-0.4, -0.2) is 180 Å². The van der Waals surface area contributed by atoms with Gasteiger partial charge in [0.1, 0.15) is 0 Å². The first-order valence-corrected chi connectivity index (χ1v) is 20.0. The maximum atomic E-state index is 12.1. The van der Waals surface area contributed by atoms with Gasteiger partial charge in [-0.25, -0.2) is 0 Å². The van der Waals surface area contributed by atoms with Crippen molar-refractivity contribution in [1.29, 1.82) is 0 Å². The summed E-state index contributed by atoms with van der Waals surface area (Å²) in [5.74, 6) is 0. The lowest BCUT2D eigenvalue weighted by Gasteiger charge is -2.22. The monoisotopic (exact) mass is 784 g/mol. The molecule has 310 valence electrons. The minimum atomic E-state index is -3.78. The van der Waals surface area contributed by atoms with E-state index in [1.165, 1.54) is 12.1 Å². The quantitative estimate of drug-likeness (QED) is 0.0706. The van der Waals surface area contributed by atoms with Gasteiger partial charge in [-0.2, -0.15) is 8.42 Å². The number of benzene rings is 1. The fourth-order valence-corrected chi connectivity index (χ4v) is 5.25. The van der Waals surface area contributed by atoms with Gasteiger partial charge in [0.05, 0.1) is 163 Å². The predicted molar refractivity (Wildman–Crippen MR) is 193 cm³/mol. The van der Waals surface area contributed by atoms with Crippen LogP contribution in [0.1, 0.15) is 24.8 Å². The number of hydrogen-bond donors (Lipinski definition) is 0. The van der Waals surface area contributed by atoms with Gasteiger partial charge < -0.3 is 61.6 Å². The average Bonchev–Trinajstić information content (AvgIpc) is 3.16. The maximum absolute atomic E-state index is 12.1. The molecule has 17 heteroatoms. The average molecular weight is 785 g/mol. The maximum Gasteiger partial charge on any atom is 0.297 e. The molecule has 1 atom stereocenters. The zero-order valence-corrected chi connectivity index (χ0v) is 32.4. The van der Waals surface area contributed by atoms with Crippen LogP contribution in [0.25, 0.3) is 0 Å². The van der Waals surface area contributed by atoms with Crippen LogP contribution in [-0.2, 0) is 75.9 Å². The van der Waals surface area contributed by atoms with Gasteiger partial charge in [0.25, 0.3) is 10.1 Å². The van der Waals surface area contributed by atoms with Gasteiger partial charge >= 0.3 is 0 Å². The summed E-state index contributed by atoms with van der Waals surface area (Å²) in [6, 6.07) is 6.48. The summed E-state index contributed by atoms with van der Waals surface area (Å²) < 4.78 is 100. The second-order valence-electron chi connectivity index (χ2n) is 11.5. The smallest absolute Gasteiger partial charge is 0.297 e. The molecule has 1 aliphatic rings. The molecule has 0 N–H and O–H groups in total. The Labute approximate surface area is 316 Å². The lowest BCUT2D eigenvalue weighted by atomic mass is 10.2. The van der Waals surface area contributed by atoms with Crippen LogP contribution in [0.5, 0.6) is 0 Å². The van der Waals surface area contributed by atoms with Crippen molar-refractivity contribution in [3.05, 3.63) is 29.8 Å². The minimum absolute atomic E-state index is 0.0611. The molecule has 0 radical (unpaired) electrons. The van der Waals surface area contributed by atoms with E-state index < -0.39 is 10.1 Å². The Morgan fingerprint density at radius 3 is 1.11 bits per heavy atom. The van der Waals surface area contributed by atoms with Gasteiger partial charge in [-0.3, -0.25) is 4.18 Å².